The van der Waals surface area contributed by atoms with Crippen LogP contribution in [0.25, 0.3) is 10.2 Å². The molecule has 0 atom stereocenters. The lowest BCUT2D eigenvalue weighted by Crippen LogP contribution is -2.37. The Balaban J connectivity index is 1.94. The molecule has 0 saturated heterocycles. The molecule has 9 heteroatoms. The van der Waals surface area contributed by atoms with Gasteiger partial charge in [0.15, 0.2) is 4.80 Å². The maximum absolute atomic E-state index is 14.3. The second-order valence-electron chi connectivity index (χ2n) is 8.77. The van der Waals surface area contributed by atoms with Gasteiger partial charge in [0.2, 0.25) is 10.0 Å². The van der Waals surface area contributed by atoms with Gasteiger partial charge in [-0.1, -0.05) is 45.1 Å². The van der Waals surface area contributed by atoms with E-state index in [2.05, 4.69) is 4.99 Å². The van der Waals surface area contributed by atoms with Crippen LogP contribution in [0.2, 0.25) is 0 Å². The molecule has 0 aliphatic carbocycles. The Labute approximate surface area is 198 Å². The summed E-state index contributed by atoms with van der Waals surface area (Å²) in [6, 6.07) is 10.7. The van der Waals surface area contributed by atoms with E-state index >= 15 is 0 Å². The van der Waals surface area contributed by atoms with Crippen molar-refractivity contribution < 1.29 is 17.6 Å². The highest BCUT2D eigenvalue weighted by molar-refractivity contribution is 7.89. The maximum Gasteiger partial charge on any atom is 0.279 e. The number of carbonyl (C=O) groups excluding carboxylic acids is 1. The van der Waals surface area contributed by atoms with E-state index in [1.807, 2.05) is 34.6 Å². The molecule has 0 N–H and O–H groups in total. The summed E-state index contributed by atoms with van der Waals surface area (Å²) < 4.78 is 44.5. The molecule has 178 valence electrons. The van der Waals surface area contributed by atoms with E-state index in [0.717, 1.165) is 0 Å². The zero-order valence-electron chi connectivity index (χ0n) is 19.6. The molecule has 0 unspecified atom stereocenters. The predicted molar refractivity (Wildman–Crippen MR) is 130 cm³/mol. The minimum absolute atomic E-state index is 0.146. The number of aromatic nitrogens is 1. The van der Waals surface area contributed by atoms with Crippen LogP contribution in [0.4, 0.5) is 4.39 Å². The SMILES string of the molecule is CCn1c(=NC(=O)c2ccc(S(=O)(=O)N(CC(C)C)CC(C)C)cc2)sc2cccc(F)c21. The summed E-state index contributed by atoms with van der Waals surface area (Å²) in [7, 11) is -3.68. The lowest BCUT2D eigenvalue weighted by Gasteiger charge is -2.25. The lowest BCUT2D eigenvalue weighted by molar-refractivity contribution is 0.0997. The number of thiazole rings is 1. The normalized spacial score (nSPS) is 13.1. The Kier molecular flexibility index (Phi) is 7.87. The Bertz CT molecular complexity index is 1300. The molecule has 2 aromatic carbocycles. The van der Waals surface area contributed by atoms with E-state index in [1.54, 1.807) is 16.7 Å². The number of fused-ring (bicyclic) bond motifs is 1. The minimum atomic E-state index is -3.68. The number of benzene rings is 2. The third-order valence-electron chi connectivity index (χ3n) is 5.04. The molecule has 1 heterocycles. The van der Waals surface area contributed by atoms with E-state index < -0.39 is 15.9 Å². The Morgan fingerprint density at radius 1 is 1.06 bits per heavy atom. The van der Waals surface area contributed by atoms with Gasteiger partial charge in [0.05, 0.1) is 15.1 Å². The molecule has 33 heavy (non-hydrogen) atoms. The molecule has 3 rings (SSSR count). The Morgan fingerprint density at radius 3 is 2.21 bits per heavy atom. The van der Waals surface area contributed by atoms with E-state index in [-0.39, 0.29) is 28.1 Å². The molecule has 0 fully saturated rings. The van der Waals surface area contributed by atoms with Crippen molar-refractivity contribution in [1.82, 2.24) is 8.87 Å². The number of amides is 1. The number of rotatable bonds is 8. The fraction of sp³-hybridized carbons (Fsp3) is 0.417. The van der Waals surface area contributed by atoms with Crippen LogP contribution in [0.5, 0.6) is 0 Å². The van der Waals surface area contributed by atoms with Gasteiger partial charge in [-0.25, -0.2) is 12.8 Å². The van der Waals surface area contributed by atoms with Crippen LogP contribution in [0.15, 0.2) is 52.4 Å². The van der Waals surface area contributed by atoms with Gasteiger partial charge in [-0.2, -0.15) is 9.30 Å². The second kappa shape index (κ2) is 10.3. The monoisotopic (exact) mass is 491 g/mol. The molecule has 3 aromatic rings. The number of sulfonamides is 1. The quantitative estimate of drug-likeness (QED) is 0.450. The van der Waals surface area contributed by atoms with E-state index in [9.17, 15) is 17.6 Å². The molecule has 0 bridgehead atoms. The highest BCUT2D eigenvalue weighted by atomic mass is 32.2. The van der Waals surface area contributed by atoms with Crippen molar-refractivity contribution in [2.45, 2.75) is 46.1 Å². The average molecular weight is 492 g/mol. The number of nitrogens with zero attached hydrogens (tertiary/aromatic N) is 3. The number of hydrogen-bond donors (Lipinski definition) is 0. The second-order valence-corrected chi connectivity index (χ2v) is 11.7. The van der Waals surface area contributed by atoms with Crippen LogP contribution < -0.4 is 4.80 Å². The highest BCUT2D eigenvalue weighted by Gasteiger charge is 2.26. The number of carbonyl (C=O) groups is 1. The van der Waals surface area contributed by atoms with Crippen molar-refractivity contribution >= 4 is 37.5 Å². The first-order valence-electron chi connectivity index (χ1n) is 11.0. The molecule has 0 aliphatic rings. The van der Waals surface area contributed by atoms with Crippen molar-refractivity contribution in [3.05, 3.63) is 58.6 Å². The number of aryl methyl sites for hydroxylation is 1. The van der Waals surface area contributed by atoms with Crippen LogP contribution in [0, 0.1) is 17.7 Å². The van der Waals surface area contributed by atoms with Crippen LogP contribution in [0.1, 0.15) is 45.0 Å². The van der Waals surface area contributed by atoms with Crippen LogP contribution in [0.3, 0.4) is 0 Å². The van der Waals surface area contributed by atoms with Gasteiger partial charge in [-0.3, -0.25) is 4.79 Å². The van der Waals surface area contributed by atoms with E-state index in [1.165, 1.54) is 46.0 Å². The molecular weight excluding hydrogens is 461 g/mol. The standard InChI is InChI=1S/C24H30FN3O3S2/c1-6-28-22-20(25)8-7-9-21(22)32-24(28)26-23(29)18-10-12-19(13-11-18)33(30,31)27(14-16(2)3)15-17(4)5/h7-13,16-17H,6,14-15H2,1-5H3. The van der Waals surface area contributed by atoms with Gasteiger partial charge in [-0.15, -0.1) is 0 Å². The molecule has 0 aliphatic heterocycles. The van der Waals surface area contributed by atoms with Crippen molar-refractivity contribution in [3.63, 3.8) is 0 Å². The van der Waals surface area contributed by atoms with Crippen molar-refractivity contribution in [2.24, 2.45) is 16.8 Å². The van der Waals surface area contributed by atoms with Crippen LogP contribution in [-0.4, -0.2) is 36.3 Å². The van der Waals surface area contributed by atoms with Crippen molar-refractivity contribution in [2.75, 3.05) is 13.1 Å². The van der Waals surface area contributed by atoms with E-state index in [0.29, 0.717) is 34.7 Å². The zero-order valence-corrected chi connectivity index (χ0v) is 21.2. The Morgan fingerprint density at radius 2 is 1.67 bits per heavy atom. The molecule has 0 saturated carbocycles. The lowest BCUT2D eigenvalue weighted by atomic mass is 10.2. The summed E-state index contributed by atoms with van der Waals surface area (Å²) in [6.45, 7) is 11.1. The van der Waals surface area contributed by atoms with Gasteiger partial charge in [-0.05, 0) is 55.2 Å². The van der Waals surface area contributed by atoms with Gasteiger partial charge < -0.3 is 4.57 Å². The van der Waals surface area contributed by atoms with E-state index in [4.69, 9.17) is 0 Å². The third kappa shape index (κ3) is 5.59. The first kappa shape index (κ1) is 25.3. The number of halogens is 1. The molecule has 6 nitrogen and oxygen atoms in total. The molecule has 1 amide bonds. The zero-order chi connectivity index (χ0) is 24.3. The van der Waals surface area contributed by atoms with Crippen molar-refractivity contribution in [3.8, 4) is 0 Å². The fourth-order valence-corrected chi connectivity index (χ4v) is 6.49. The van der Waals surface area contributed by atoms with Gasteiger partial charge >= 0.3 is 0 Å². The highest BCUT2D eigenvalue weighted by Crippen LogP contribution is 2.22. The summed E-state index contributed by atoms with van der Waals surface area (Å²) >= 11 is 1.24. The first-order valence-corrected chi connectivity index (χ1v) is 13.3. The largest absolute Gasteiger partial charge is 0.314 e. The average Bonchev–Trinajstić information content (AvgIpc) is 3.11. The maximum atomic E-state index is 14.3. The van der Waals surface area contributed by atoms with Crippen LogP contribution >= 0.6 is 11.3 Å². The molecule has 1 aromatic heterocycles. The number of hydrogen-bond acceptors (Lipinski definition) is 4. The fourth-order valence-electron chi connectivity index (χ4n) is 3.62. The minimum Gasteiger partial charge on any atom is -0.314 e. The topological polar surface area (TPSA) is 71.7 Å². The van der Waals surface area contributed by atoms with Gasteiger partial charge in [0, 0.05) is 25.2 Å². The summed E-state index contributed by atoms with van der Waals surface area (Å²) in [5, 5.41) is 0. The molecule has 0 spiro atoms. The summed E-state index contributed by atoms with van der Waals surface area (Å²) in [6.07, 6.45) is 0. The first-order chi connectivity index (χ1) is 15.5. The predicted octanol–water partition coefficient (Wildman–Crippen LogP) is 4.91. The summed E-state index contributed by atoms with van der Waals surface area (Å²) in [5.74, 6) is -0.486. The van der Waals surface area contributed by atoms with Crippen molar-refractivity contribution in [1.29, 1.82) is 0 Å². The summed E-state index contributed by atoms with van der Waals surface area (Å²) in [4.78, 5) is 17.6. The van der Waals surface area contributed by atoms with Crippen LogP contribution in [-0.2, 0) is 16.6 Å². The molecule has 0 radical (unpaired) electrons. The number of para-hydroxylation sites is 1. The molecular formula is C24H30FN3O3S2. The smallest absolute Gasteiger partial charge is 0.279 e. The van der Waals surface area contributed by atoms with Gasteiger partial charge in [0.1, 0.15) is 5.82 Å². The van der Waals surface area contributed by atoms with Gasteiger partial charge in [0.25, 0.3) is 5.91 Å². The Hall–Kier alpha value is -2.36. The summed E-state index contributed by atoms with van der Waals surface area (Å²) in [5.41, 5.74) is 0.696. The third-order valence-corrected chi connectivity index (χ3v) is 7.93.